The van der Waals surface area contributed by atoms with Crippen molar-refractivity contribution in [2.75, 3.05) is 0 Å². The predicted octanol–water partition coefficient (Wildman–Crippen LogP) is 2.75. The first-order valence-corrected chi connectivity index (χ1v) is 3.63. The smallest absolute Gasteiger partial charge is 0.188 e. The second-order valence-corrected chi connectivity index (χ2v) is 2.73. The highest BCUT2D eigenvalue weighted by Crippen LogP contribution is 2.17. The molecule has 2 nitrogen and oxygen atoms in total. The maximum Gasteiger partial charge on any atom is 0.188 e. The van der Waals surface area contributed by atoms with Crippen LogP contribution in [0.3, 0.4) is 0 Å². The molecule has 1 aromatic carbocycles. The molecule has 2 heteroatoms. The van der Waals surface area contributed by atoms with E-state index in [-0.39, 0.29) is 5.78 Å². The van der Waals surface area contributed by atoms with Crippen molar-refractivity contribution in [2.45, 2.75) is 13.8 Å². The molecule has 0 fully saturated rings. The summed E-state index contributed by atoms with van der Waals surface area (Å²) in [7, 11) is 0. The zero-order valence-corrected chi connectivity index (χ0v) is 7.09. The largest absolute Gasteiger partial charge is 0.295 e. The fourth-order valence-corrected chi connectivity index (χ4v) is 1.03. The van der Waals surface area contributed by atoms with Gasteiger partial charge in [-0.15, -0.1) is 0 Å². The van der Waals surface area contributed by atoms with E-state index in [4.69, 9.17) is 6.57 Å². The van der Waals surface area contributed by atoms with E-state index in [9.17, 15) is 4.79 Å². The number of aryl methyl sites for hydroxylation is 1. The third kappa shape index (κ3) is 1.70. The van der Waals surface area contributed by atoms with Crippen LogP contribution in [0.15, 0.2) is 18.2 Å². The second-order valence-electron chi connectivity index (χ2n) is 2.73. The lowest BCUT2D eigenvalue weighted by Gasteiger charge is -1.98. The average Bonchev–Trinajstić information content (AvgIpc) is 2.03. The van der Waals surface area contributed by atoms with Crippen LogP contribution in [0.2, 0.25) is 0 Å². The molecule has 0 bridgehead atoms. The van der Waals surface area contributed by atoms with Crippen LogP contribution in [0.1, 0.15) is 22.8 Å². The maximum atomic E-state index is 11.0. The lowest BCUT2D eigenvalue weighted by molar-refractivity contribution is 0.101. The second kappa shape index (κ2) is 3.19. The quantitative estimate of drug-likeness (QED) is 0.456. The van der Waals surface area contributed by atoms with E-state index in [1.165, 1.54) is 6.92 Å². The van der Waals surface area contributed by atoms with Crippen LogP contribution >= 0.6 is 0 Å². The summed E-state index contributed by atoms with van der Waals surface area (Å²) in [4.78, 5) is 14.2. The first kappa shape index (κ1) is 8.48. The summed E-state index contributed by atoms with van der Waals surface area (Å²) in [5.41, 5.74) is 2.09. The van der Waals surface area contributed by atoms with Crippen LogP contribution in [0.25, 0.3) is 4.85 Å². The van der Waals surface area contributed by atoms with Gasteiger partial charge in [0.1, 0.15) is 0 Å². The van der Waals surface area contributed by atoms with Crippen LogP contribution in [0.5, 0.6) is 0 Å². The van der Waals surface area contributed by atoms with Gasteiger partial charge in [-0.1, -0.05) is 17.7 Å². The Morgan fingerprint density at radius 3 is 2.58 bits per heavy atom. The van der Waals surface area contributed by atoms with Crippen molar-refractivity contribution in [1.29, 1.82) is 0 Å². The van der Waals surface area contributed by atoms with Gasteiger partial charge in [0.25, 0.3) is 0 Å². The van der Waals surface area contributed by atoms with Gasteiger partial charge in [-0.05, 0) is 19.9 Å². The number of carbonyl (C=O) groups excluding carboxylic acids is 1. The predicted molar refractivity (Wildman–Crippen MR) is 47.4 cm³/mol. The highest BCUT2D eigenvalue weighted by atomic mass is 16.1. The molecule has 0 saturated heterocycles. The lowest BCUT2D eigenvalue weighted by atomic mass is 10.1. The standard InChI is InChI=1S/C10H9NO/c1-7-4-9(8(2)12)6-10(5-7)11-3/h4-6H,1-2H3. The molecule has 0 radical (unpaired) electrons. The van der Waals surface area contributed by atoms with E-state index in [1.807, 2.05) is 6.92 Å². The molecule has 0 N–H and O–H groups in total. The molecular formula is C10H9NO. The number of carbonyl (C=O) groups is 1. The molecule has 0 unspecified atom stereocenters. The van der Waals surface area contributed by atoms with Gasteiger partial charge in [-0.25, -0.2) is 4.85 Å². The van der Waals surface area contributed by atoms with Gasteiger partial charge in [0.2, 0.25) is 0 Å². The Balaban J connectivity index is 3.26. The van der Waals surface area contributed by atoms with Crippen molar-refractivity contribution in [3.63, 3.8) is 0 Å². The fraction of sp³-hybridized carbons (Fsp3) is 0.200. The monoisotopic (exact) mass is 159 g/mol. The summed E-state index contributed by atoms with van der Waals surface area (Å²) in [6.45, 7) is 10.2. The van der Waals surface area contributed by atoms with E-state index in [1.54, 1.807) is 18.2 Å². The number of ketones is 1. The Kier molecular flexibility index (Phi) is 2.25. The molecule has 0 amide bonds. The molecule has 0 atom stereocenters. The summed E-state index contributed by atoms with van der Waals surface area (Å²) in [6.07, 6.45) is 0. The molecule has 0 saturated carbocycles. The van der Waals surface area contributed by atoms with Crippen LogP contribution in [0.4, 0.5) is 5.69 Å². The first-order valence-electron chi connectivity index (χ1n) is 3.63. The lowest BCUT2D eigenvalue weighted by Crippen LogP contribution is -1.91. The number of nitrogens with zero attached hydrogens (tertiary/aromatic N) is 1. The first-order chi connectivity index (χ1) is 5.63. The number of Topliss-reactive ketones (excluding diaryl/α,β-unsaturated/α-hetero) is 1. The molecule has 12 heavy (non-hydrogen) atoms. The summed E-state index contributed by atoms with van der Waals surface area (Å²) >= 11 is 0. The third-order valence-corrected chi connectivity index (χ3v) is 1.60. The maximum absolute atomic E-state index is 11.0. The summed E-state index contributed by atoms with van der Waals surface area (Å²) in [5, 5.41) is 0. The normalized spacial score (nSPS) is 9.08. The molecule has 60 valence electrons. The van der Waals surface area contributed by atoms with Gasteiger partial charge < -0.3 is 0 Å². The average molecular weight is 159 g/mol. The van der Waals surface area contributed by atoms with Gasteiger partial charge >= 0.3 is 0 Å². The van der Waals surface area contributed by atoms with Crippen LogP contribution < -0.4 is 0 Å². The van der Waals surface area contributed by atoms with E-state index >= 15 is 0 Å². The number of rotatable bonds is 1. The van der Waals surface area contributed by atoms with E-state index in [0.717, 1.165) is 5.56 Å². The third-order valence-electron chi connectivity index (χ3n) is 1.60. The van der Waals surface area contributed by atoms with Crippen molar-refractivity contribution >= 4 is 11.5 Å². The molecule has 0 aliphatic heterocycles. The Morgan fingerprint density at radius 2 is 2.08 bits per heavy atom. The van der Waals surface area contributed by atoms with Crippen molar-refractivity contribution in [2.24, 2.45) is 0 Å². The summed E-state index contributed by atoms with van der Waals surface area (Å²) in [6, 6.07) is 5.17. The van der Waals surface area contributed by atoms with E-state index in [2.05, 4.69) is 4.85 Å². The Morgan fingerprint density at radius 1 is 1.42 bits per heavy atom. The number of hydrogen-bond donors (Lipinski definition) is 0. The highest BCUT2D eigenvalue weighted by Gasteiger charge is 2.01. The zero-order chi connectivity index (χ0) is 9.14. The Bertz CT molecular complexity index is 361. The van der Waals surface area contributed by atoms with Crippen molar-refractivity contribution in [3.05, 3.63) is 40.7 Å². The molecule has 0 heterocycles. The van der Waals surface area contributed by atoms with E-state index < -0.39 is 0 Å². The van der Waals surface area contributed by atoms with E-state index in [0.29, 0.717) is 11.3 Å². The molecular weight excluding hydrogens is 150 g/mol. The topological polar surface area (TPSA) is 21.4 Å². The van der Waals surface area contributed by atoms with Crippen molar-refractivity contribution in [1.82, 2.24) is 0 Å². The molecule has 1 aromatic rings. The van der Waals surface area contributed by atoms with Crippen molar-refractivity contribution in [3.8, 4) is 0 Å². The molecule has 1 rings (SSSR count). The van der Waals surface area contributed by atoms with Crippen LogP contribution in [-0.4, -0.2) is 5.78 Å². The highest BCUT2D eigenvalue weighted by molar-refractivity contribution is 5.95. The van der Waals surface area contributed by atoms with Crippen LogP contribution in [0, 0.1) is 13.5 Å². The minimum Gasteiger partial charge on any atom is -0.295 e. The molecule has 0 aliphatic rings. The minimum absolute atomic E-state index is 0.00333. The number of hydrogen-bond acceptors (Lipinski definition) is 1. The SMILES string of the molecule is [C-]#[N+]c1cc(C)cc(C(C)=O)c1. The Labute approximate surface area is 71.7 Å². The minimum atomic E-state index is 0.00333. The molecule has 0 spiro atoms. The van der Waals surface area contributed by atoms with Gasteiger partial charge in [0.05, 0.1) is 6.57 Å². The number of benzene rings is 1. The summed E-state index contributed by atoms with van der Waals surface area (Å²) in [5.74, 6) is 0.00333. The molecule has 0 aliphatic carbocycles. The fourth-order valence-electron chi connectivity index (χ4n) is 1.03. The Hall–Kier alpha value is -1.62. The summed E-state index contributed by atoms with van der Waals surface area (Å²) < 4.78 is 0. The molecule has 0 aromatic heterocycles. The van der Waals surface area contributed by atoms with Gasteiger partial charge in [-0.3, -0.25) is 4.79 Å². The van der Waals surface area contributed by atoms with Crippen molar-refractivity contribution < 1.29 is 4.79 Å². The van der Waals surface area contributed by atoms with Crippen LogP contribution in [-0.2, 0) is 0 Å². The zero-order valence-electron chi connectivity index (χ0n) is 7.09. The van der Waals surface area contributed by atoms with Gasteiger partial charge in [0.15, 0.2) is 11.5 Å². The van der Waals surface area contributed by atoms with Gasteiger partial charge in [-0.2, -0.15) is 0 Å². The van der Waals surface area contributed by atoms with Gasteiger partial charge in [0, 0.05) is 5.56 Å².